The highest BCUT2D eigenvalue weighted by molar-refractivity contribution is 7.10. The number of hydrogen-bond acceptors (Lipinski definition) is 3. The second kappa shape index (κ2) is 4.97. The van der Waals surface area contributed by atoms with E-state index in [4.69, 9.17) is 0 Å². The van der Waals surface area contributed by atoms with Gasteiger partial charge in [0.15, 0.2) is 0 Å². The highest BCUT2D eigenvalue weighted by atomic mass is 32.1. The summed E-state index contributed by atoms with van der Waals surface area (Å²) in [5, 5.41) is 8.24. The molecule has 3 nitrogen and oxygen atoms in total. The minimum Gasteiger partial charge on any atom is -0.348 e. The molecule has 1 aliphatic heterocycles. The van der Waals surface area contributed by atoms with Gasteiger partial charge in [-0.25, -0.2) is 0 Å². The van der Waals surface area contributed by atoms with Crippen molar-refractivity contribution in [3.8, 4) is 0 Å². The molecule has 1 saturated heterocycles. The molecule has 1 fully saturated rings. The van der Waals surface area contributed by atoms with Gasteiger partial charge >= 0.3 is 0 Å². The number of carbonyl (C=O) groups is 1. The van der Waals surface area contributed by atoms with E-state index in [2.05, 4.69) is 24.5 Å². The lowest BCUT2D eigenvalue weighted by molar-refractivity contribution is 0.0940. The third kappa shape index (κ3) is 2.62. The van der Waals surface area contributed by atoms with E-state index in [1.165, 1.54) is 4.88 Å². The van der Waals surface area contributed by atoms with Crippen molar-refractivity contribution in [3.63, 3.8) is 0 Å². The largest absolute Gasteiger partial charge is 0.348 e. The molecule has 1 amide bonds. The average Bonchev–Trinajstić information content (AvgIpc) is 2.86. The Morgan fingerprint density at radius 3 is 3.00 bits per heavy atom. The van der Waals surface area contributed by atoms with Gasteiger partial charge in [-0.3, -0.25) is 4.79 Å². The Bertz CT molecular complexity index is 367. The topological polar surface area (TPSA) is 41.1 Å². The highest BCUT2D eigenvalue weighted by Gasteiger charge is 2.18. The first kappa shape index (κ1) is 11.6. The molecule has 1 aromatic rings. The number of amides is 1. The van der Waals surface area contributed by atoms with Gasteiger partial charge in [-0.05, 0) is 24.9 Å². The molecule has 1 unspecified atom stereocenters. The number of nitrogens with one attached hydrogen (secondary N) is 2. The summed E-state index contributed by atoms with van der Waals surface area (Å²) in [7, 11) is 0. The number of thiophene rings is 1. The van der Waals surface area contributed by atoms with Crippen LogP contribution in [0.3, 0.4) is 0 Å². The van der Waals surface area contributed by atoms with E-state index < -0.39 is 0 Å². The molecule has 0 saturated carbocycles. The van der Waals surface area contributed by atoms with Crippen LogP contribution in [0.25, 0.3) is 0 Å². The number of rotatable bonds is 3. The summed E-state index contributed by atoms with van der Waals surface area (Å²) in [6.07, 6.45) is 1.03. The molecule has 1 aromatic heterocycles. The maximum Gasteiger partial charge on any atom is 0.252 e. The molecule has 2 heterocycles. The van der Waals surface area contributed by atoms with Crippen molar-refractivity contribution in [2.75, 3.05) is 13.1 Å². The molecule has 88 valence electrons. The third-order valence-corrected chi connectivity index (χ3v) is 4.08. The van der Waals surface area contributed by atoms with Gasteiger partial charge < -0.3 is 10.6 Å². The second-order valence-electron chi connectivity index (χ2n) is 4.56. The smallest absolute Gasteiger partial charge is 0.252 e. The van der Waals surface area contributed by atoms with E-state index in [0.717, 1.165) is 25.1 Å². The van der Waals surface area contributed by atoms with Crippen LogP contribution in [0.15, 0.2) is 11.4 Å². The Labute approximate surface area is 100 Å². The van der Waals surface area contributed by atoms with Gasteiger partial charge in [-0.1, -0.05) is 13.8 Å². The molecule has 0 aliphatic carbocycles. The second-order valence-corrected chi connectivity index (χ2v) is 5.50. The first-order valence-corrected chi connectivity index (χ1v) is 6.65. The molecule has 0 bridgehead atoms. The normalized spacial score (nSPS) is 20.3. The standard InChI is InChI=1S/C12H18N2OS/c1-8(2)11-5-9(7-16-11)12(15)14-10-3-4-13-6-10/h5,7-8,10,13H,3-4,6H2,1-2H3,(H,14,15). The molecule has 0 radical (unpaired) electrons. The molecule has 2 N–H and O–H groups in total. The molecule has 0 spiro atoms. The zero-order chi connectivity index (χ0) is 11.5. The van der Waals surface area contributed by atoms with Gasteiger partial charge in [-0.15, -0.1) is 11.3 Å². The summed E-state index contributed by atoms with van der Waals surface area (Å²) >= 11 is 1.67. The SMILES string of the molecule is CC(C)c1cc(C(=O)NC2CCNC2)cs1. The van der Waals surface area contributed by atoms with Gasteiger partial charge in [-0.2, -0.15) is 0 Å². The first-order valence-electron chi connectivity index (χ1n) is 5.77. The minimum atomic E-state index is 0.0665. The molecule has 1 aliphatic rings. The summed E-state index contributed by atoms with van der Waals surface area (Å²) in [4.78, 5) is 13.2. The fraction of sp³-hybridized carbons (Fsp3) is 0.583. The Morgan fingerprint density at radius 1 is 1.62 bits per heavy atom. The molecular formula is C12H18N2OS. The highest BCUT2D eigenvalue weighted by Crippen LogP contribution is 2.23. The van der Waals surface area contributed by atoms with Gasteiger partial charge in [0, 0.05) is 22.8 Å². The van der Waals surface area contributed by atoms with E-state index in [1.54, 1.807) is 11.3 Å². The van der Waals surface area contributed by atoms with Crippen molar-refractivity contribution >= 4 is 17.2 Å². The van der Waals surface area contributed by atoms with Crippen LogP contribution >= 0.6 is 11.3 Å². The lowest BCUT2D eigenvalue weighted by atomic mass is 10.1. The van der Waals surface area contributed by atoms with Crippen LogP contribution in [-0.4, -0.2) is 25.0 Å². The average molecular weight is 238 g/mol. The zero-order valence-electron chi connectivity index (χ0n) is 9.75. The van der Waals surface area contributed by atoms with Gasteiger partial charge in [0.2, 0.25) is 0 Å². The monoisotopic (exact) mass is 238 g/mol. The van der Waals surface area contributed by atoms with E-state index in [1.807, 2.05) is 11.4 Å². The molecule has 1 atom stereocenters. The van der Waals surface area contributed by atoms with Crippen LogP contribution in [0.1, 0.15) is 41.4 Å². The van der Waals surface area contributed by atoms with E-state index in [-0.39, 0.29) is 5.91 Å². The van der Waals surface area contributed by atoms with Crippen molar-refractivity contribution in [1.29, 1.82) is 0 Å². The van der Waals surface area contributed by atoms with Crippen LogP contribution in [-0.2, 0) is 0 Å². The number of carbonyl (C=O) groups excluding carboxylic acids is 1. The summed E-state index contributed by atoms with van der Waals surface area (Å²) in [6.45, 7) is 6.20. The molecular weight excluding hydrogens is 220 g/mol. The zero-order valence-corrected chi connectivity index (χ0v) is 10.6. The van der Waals surface area contributed by atoms with Crippen molar-refractivity contribution in [2.24, 2.45) is 0 Å². The minimum absolute atomic E-state index is 0.0665. The van der Waals surface area contributed by atoms with Crippen LogP contribution in [0.2, 0.25) is 0 Å². The number of hydrogen-bond donors (Lipinski definition) is 2. The van der Waals surface area contributed by atoms with E-state index in [0.29, 0.717) is 12.0 Å². The van der Waals surface area contributed by atoms with Gasteiger partial charge in [0.1, 0.15) is 0 Å². The molecule has 0 aromatic carbocycles. The Balaban J connectivity index is 1.97. The first-order chi connectivity index (χ1) is 7.66. The quantitative estimate of drug-likeness (QED) is 0.845. The van der Waals surface area contributed by atoms with Crippen molar-refractivity contribution in [3.05, 3.63) is 21.9 Å². The molecule has 16 heavy (non-hydrogen) atoms. The van der Waals surface area contributed by atoms with Crippen molar-refractivity contribution < 1.29 is 4.79 Å². The summed E-state index contributed by atoms with van der Waals surface area (Å²) in [5.74, 6) is 0.566. The predicted molar refractivity (Wildman–Crippen MR) is 67.1 cm³/mol. The molecule has 4 heteroatoms. The lowest BCUT2D eigenvalue weighted by Gasteiger charge is -2.09. The van der Waals surface area contributed by atoms with Gasteiger partial charge in [0.05, 0.1) is 5.56 Å². The van der Waals surface area contributed by atoms with Crippen molar-refractivity contribution in [2.45, 2.75) is 32.2 Å². The maximum atomic E-state index is 11.9. The van der Waals surface area contributed by atoms with Gasteiger partial charge in [0.25, 0.3) is 5.91 Å². The van der Waals surface area contributed by atoms with Crippen molar-refractivity contribution in [1.82, 2.24) is 10.6 Å². The van der Waals surface area contributed by atoms with Crippen LogP contribution < -0.4 is 10.6 Å². The van der Waals surface area contributed by atoms with Crippen LogP contribution in [0.5, 0.6) is 0 Å². The summed E-state index contributed by atoms with van der Waals surface area (Å²) < 4.78 is 0. The summed E-state index contributed by atoms with van der Waals surface area (Å²) in [5.41, 5.74) is 0.806. The Hall–Kier alpha value is -0.870. The Kier molecular flexibility index (Phi) is 3.61. The fourth-order valence-corrected chi connectivity index (χ4v) is 2.73. The van der Waals surface area contributed by atoms with Crippen LogP contribution in [0.4, 0.5) is 0 Å². The molecule has 2 rings (SSSR count). The fourth-order valence-electron chi connectivity index (χ4n) is 1.82. The summed E-state index contributed by atoms with van der Waals surface area (Å²) in [6, 6.07) is 2.31. The predicted octanol–water partition coefficient (Wildman–Crippen LogP) is 1.96. The van der Waals surface area contributed by atoms with E-state index >= 15 is 0 Å². The van der Waals surface area contributed by atoms with E-state index in [9.17, 15) is 4.79 Å². The third-order valence-electron chi connectivity index (χ3n) is 2.85. The van der Waals surface area contributed by atoms with Crippen LogP contribution in [0, 0.1) is 0 Å². The lowest BCUT2D eigenvalue weighted by Crippen LogP contribution is -2.35. The maximum absolute atomic E-state index is 11.9. The Morgan fingerprint density at radius 2 is 2.44 bits per heavy atom.